The number of benzene rings is 1. The van der Waals surface area contributed by atoms with Crippen LogP contribution in [0.15, 0.2) is 18.2 Å². The van der Waals surface area contributed by atoms with Crippen molar-refractivity contribution in [2.24, 2.45) is 0 Å². The minimum Gasteiger partial charge on any atom is -0.315 e. The third-order valence-electron chi connectivity index (χ3n) is 2.90. The van der Waals surface area contributed by atoms with Gasteiger partial charge in [-0.3, -0.25) is 4.72 Å². The number of hydrogen-bond acceptors (Lipinski definition) is 3. The average molecular weight is 258 g/mol. The van der Waals surface area contributed by atoms with E-state index in [-0.39, 0.29) is 5.69 Å². The molecule has 1 saturated heterocycles. The van der Waals surface area contributed by atoms with E-state index in [9.17, 15) is 12.8 Å². The van der Waals surface area contributed by atoms with Crippen molar-refractivity contribution < 1.29 is 12.8 Å². The van der Waals surface area contributed by atoms with Crippen molar-refractivity contribution in [3.8, 4) is 0 Å². The van der Waals surface area contributed by atoms with Crippen LogP contribution in [0.4, 0.5) is 10.1 Å². The molecule has 0 spiro atoms. The van der Waals surface area contributed by atoms with E-state index in [1.807, 2.05) is 0 Å². The molecule has 94 valence electrons. The van der Waals surface area contributed by atoms with Crippen molar-refractivity contribution in [3.05, 3.63) is 29.6 Å². The Labute approximate surface area is 100 Å². The monoisotopic (exact) mass is 258 g/mol. The van der Waals surface area contributed by atoms with Gasteiger partial charge in [-0.1, -0.05) is 12.1 Å². The number of nitrogens with one attached hydrogen (secondary N) is 2. The molecule has 0 bridgehead atoms. The standard InChI is InChI=1S/C11H15FN2O2S/c1-8-3-2-4-10(11(8)12)14-17(15,16)9-5-6-13-7-9/h2-4,9,13-14H,5-7H2,1H3. The Morgan fingerprint density at radius 2 is 2.24 bits per heavy atom. The molecule has 2 N–H and O–H groups in total. The highest BCUT2D eigenvalue weighted by Crippen LogP contribution is 2.21. The van der Waals surface area contributed by atoms with Crippen molar-refractivity contribution >= 4 is 15.7 Å². The average Bonchev–Trinajstić information content (AvgIpc) is 2.78. The van der Waals surface area contributed by atoms with Crippen LogP contribution in [0.25, 0.3) is 0 Å². The second kappa shape index (κ2) is 4.62. The first-order valence-corrected chi connectivity index (χ1v) is 7.03. The van der Waals surface area contributed by atoms with Gasteiger partial charge < -0.3 is 5.32 Å². The maximum Gasteiger partial charge on any atom is 0.237 e. The molecule has 1 unspecified atom stereocenters. The SMILES string of the molecule is Cc1cccc(NS(=O)(=O)C2CCNC2)c1F. The van der Waals surface area contributed by atoms with E-state index in [4.69, 9.17) is 0 Å². The summed E-state index contributed by atoms with van der Waals surface area (Å²) in [6, 6.07) is 4.66. The van der Waals surface area contributed by atoms with Gasteiger partial charge in [0.1, 0.15) is 5.82 Å². The van der Waals surface area contributed by atoms with E-state index < -0.39 is 21.1 Å². The molecule has 1 aromatic carbocycles. The third kappa shape index (κ3) is 2.58. The van der Waals surface area contributed by atoms with E-state index in [0.29, 0.717) is 25.1 Å². The number of anilines is 1. The van der Waals surface area contributed by atoms with Gasteiger partial charge in [-0.25, -0.2) is 12.8 Å². The summed E-state index contributed by atoms with van der Waals surface area (Å²) in [6.45, 7) is 2.70. The molecule has 1 fully saturated rings. The normalized spacial score (nSPS) is 20.5. The van der Waals surface area contributed by atoms with Crippen molar-refractivity contribution in [3.63, 3.8) is 0 Å². The maximum atomic E-state index is 13.7. The van der Waals surface area contributed by atoms with E-state index in [0.717, 1.165) is 0 Å². The first kappa shape index (κ1) is 12.3. The lowest BCUT2D eigenvalue weighted by Crippen LogP contribution is -2.30. The van der Waals surface area contributed by atoms with Gasteiger partial charge in [-0.15, -0.1) is 0 Å². The Hall–Kier alpha value is -1.14. The van der Waals surface area contributed by atoms with Gasteiger partial charge in [0, 0.05) is 6.54 Å². The van der Waals surface area contributed by atoms with Crippen LogP contribution < -0.4 is 10.0 Å². The van der Waals surface area contributed by atoms with Crippen LogP contribution in [0.5, 0.6) is 0 Å². The summed E-state index contributed by atoms with van der Waals surface area (Å²) in [5.74, 6) is -0.512. The molecule has 0 aliphatic carbocycles. The molecule has 1 aliphatic heterocycles. The summed E-state index contributed by atoms with van der Waals surface area (Å²) in [6.07, 6.45) is 0.558. The molecule has 1 heterocycles. The molecule has 1 aromatic rings. The van der Waals surface area contributed by atoms with Gasteiger partial charge >= 0.3 is 0 Å². The van der Waals surface area contributed by atoms with Crippen molar-refractivity contribution in [1.82, 2.24) is 5.32 Å². The van der Waals surface area contributed by atoms with Crippen LogP contribution in [0, 0.1) is 12.7 Å². The number of aryl methyl sites for hydroxylation is 1. The summed E-state index contributed by atoms with van der Waals surface area (Å²) >= 11 is 0. The zero-order valence-corrected chi connectivity index (χ0v) is 10.3. The second-order valence-corrected chi connectivity index (χ2v) is 6.16. The van der Waals surface area contributed by atoms with Gasteiger partial charge in [0.2, 0.25) is 10.0 Å². The van der Waals surface area contributed by atoms with Crippen LogP contribution in [0.2, 0.25) is 0 Å². The predicted octanol–water partition coefficient (Wildman–Crippen LogP) is 1.24. The number of rotatable bonds is 3. The van der Waals surface area contributed by atoms with E-state index in [1.165, 1.54) is 6.07 Å². The number of hydrogen-bond donors (Lipinski definition) is 2. The highest BCUT2D eigenvalue weighted by molar-refractivity contribution is 7.93. The highest BCUT2D eigenvalue weighted by Gasteiger charge is 2.29. The minimum atomic E-state index is -3.50. The van der Waals surface area contributed by atoms with Crippen molar-refractivity contribution in [2.75, 3.05) is 17.8 Å². The van der Waals surface area contributed by atoms with Gasteiger partial charge in [0.25, 0.3) is 0 Å². The fourth-order valence-electron chi connectivity index (χ4n) is 1.86. The topological polar surface area (TPSA) is 58.2 Å². The molecular formula is C11H15FN2O2S. The van der Waals surface area contributed by atoms with Crippen LogP contribution in [0.1, 0.15) is 12.0 Å². The van der Waals surface area contributed by atoms with Crippen LogP contribution in [-0.2, 0) is 10.0 Å². The quantitative estimate of drug-likeness (QED) is 0.857. The molecule has 6 heteroatoms. The number of sulfonamides is 1. The molecule has 1 aliphatic rings. The lowest BCUT2D eigenvalue weighted by molar-refractivity contribution is 0.586. The van der Waals surface area contributed by atoms with Crippen LogP contribution in [0.3, 0.4) is 0 Å². The van der Waals surface area contributed by atoms with Gasteiger partial charge in [-0.2, -0.15) is 0 Å². The summed E-state index contributed by atoms with van der Waals surface area (Å²) in [7, 11) is -3.50. The largest absolute Gasteiger partial charge is 0.315 e. The van der Waals surface area contributed by atoms with Gasteiger partial charge in [0.15, 0.2) is 0 Å². The predicted molar refractivity (Wildman–Crippen MR) is 65.0 cm³/mol. The van der Waals surface area contributed by atoms with Crippen molar-refractivity contribution in [1.29, 1.82) is 0 Å². The van der Waals surface area contributed by atoms with Crippen molar-refractivity contribution in [2.45, 2.75) is 18.6 Å². The smallest absolute Gasteiger partial charge is 0.237 e. The lowest BCUT2D eigenvalue weighted by Gasteiger charge is -2.14. The fraction of sp³-hybridized carbons (Fsp3) is 0.455. The van der Waals surface area contributed by atoms with Crippen LogP contribution in [-0.4, -0.2) is 26.8 Å². The zero-order chi connectivity index (χ0) is 12.5. The zero-order valence-electron chi connectivity index (χ0n) is 9.53. The third-order valence-corrected chi connectivity index (χ3v) is 4.68. The Bertz CT molecular complexity index is 510. The summed E-state index contributed by atoms with van der Waals surface area (Å²) in [5, 5.41) is 2.49. The molecular weight excluding hydrogens is 243 g/mol. The number of halogens is 1. The Kier molecular flexibility index (Phi) is 3.35. The Morgan fingerprint density at radius 1 is 1.47 bits per heavy atom. The van der Waals surface area contributed by atoms with Crippen LogP contribution >= 0.6 is 0 Å². The Balaban J connectivity index is 2.23. The maximum absolute atomic E-state index is 13.7. The van der Waals surface area contributed by atoms with Gasteiger partial charge in [-0.05, 0) is 31.5 Å². The highest BCUT2D eigenvalue weighted by atomic mass is 32.2. The molecule has 17 heavy (non-hydrogen) atoms. The van der Waals surface area contributed by atoms with Gasteiger partial charge in [0.05, 0.1) is 10.9 Å². The minimum absolute atomic E-state index is 0.0249. The summed E-state index contributed by atoms with van der Waals surface area (Å²) in [4.78, 5) is 0. The molecule has 0 aromatic heterocycles. The first-order valence-electron chi connectivity index (χ1n) is 5.48. The summed E-state index contributed by atoms with van der Waals surface area (Å²) in [5.41, 5.74) is 0.451. The van der Waals surface area contributed by atoms with E-state index >= 15 is 0 Å². The Morgan fingerprint density at radius 3 is 2.88 bits per heavy atom. The molecule has 0 saturated carbocycles. The molecule has 1 atom stereocenters. The fourth-order valence-corrected chi connectivity index (χ4v) is 3.25. The molecule has 4 nitrogen and oxygen atoms in total. The first-order chi connectivity index (χ1) is 8.00. The second-order valence-electron chi connectivity index (χ2n) is 4.20. The molecule has 2 rings (SSSR count). The summed E-state index contributed by atoms with van der Waals surface area (Å²) < 4.78 is 39.9. The molecule has 0 amide bonds. The van der Waals surface area contributed by atoms with E-state index in [1.54, 1.807) is 19.1 Å². The van der Waals surface area contributed by atoms with E-state index in [2.05, 4.69) is 10.0 Å². The molecule has 0 radical (unpaired) electrons. The lowest BCUT2D eigenvalue weighted by atomic mass is 10.2.